The highest BCUT2D eigenvalue weighted by atomic mass is 32.1. The number of rotatable bonds is 3. The Labute approximate surface area is 125 Å². The second-order valence-corrected chi connectivity index (χ2v) is 5.82. The van der Waals surface area contributed by atoms with E-state index in [1.165, 1.54) is 0 Å². The number of carbonyl (C=O) groups excluding carboxylic acids is 1. The van der Waals surface area contributed by atoms with Gasteiger partial charge in [0, 0.05) is 18.2 Å². The van der Waals surface area contributed by atoms with Crippen LogP contribution in [0, 0.1) is 0 Å². The van der Waals surface area contributed by atoms with Crippen LogP contribution in [0.3, 0.4) is 0 Å². The SMILES string of the molecule is COCc1ccc(C(=O)NNC(=S)NC(C)(C)C)cc1. The van der Waals surface area contributed by atoms with Gasteiger partial charge in [0.2, 0.25) is 0 Å². The average molecular weight is 295 g/mol. The van der Waals surface area contributed by atoms with Crippen molar-refractivity contribution in [1.29, 1.82) is 0 Å². The van der Waals surface area contributed by atoms with E-state index in [0.29, 0.717) is 17.3 Å². The second kappa shape index (κ2) is 7.21. The molecule has 5 nitrogen and oxygen atoms in total. The molecule has 0 aliphatic carbocycles. The van der Waals surface area contributed by atoms with E-state index in [9.17, 15) is 4.79 Å². The average Bonchev–Trinajstić information content (AvgIpc) is 2.35. The standard InChI is InChI=1S/C14H21N3O2S/c1-14(2,3)15-13(20)17-16-12(18)11-7-5-10(6-8-11)9-19-4/h5-8H,9H2,1-4H3,(H,16,18)(H2,15,17,20). The summed E-state index contributed by atoms with van der Waals surface area (Å²) in [7, 11) is 1.63. The van der Waals surface area contributed by atoms with Gasteiger partial charge in [-0.15, -0.1) is 0 Å². The molecule has 1 aromatic carbocycles. The van der Waals surface area contributed by atoms with Crippen molar-refractivity contribution < 1.29 is 9.53 Å². The molecular weight excluding hydrogens is 274 g/mol. The van der Waals surface area contributed by atoms with Gasteiger partial charge in [-0.1, -0.05) is 12.1 Å². The number of hydrogen-bond donors (Lipinski definition) is 3. The van der Waals surface area contributed by atoms with Crippen molar-refractivity contribution in [3.8, 4) is 0 Å². The molecule has 1 aromatic rings. The number of hydrazine groups is 1. The predicted octanol–water partition coefficient (Wildman–Crippen LogP) is 1.74. The van der Waals surface area contributed by atoms with Crippen LogP contribution in [0.1, 0.15) is 36.7 Å². The molecule has 3 N–H and O–H groups in total. The molecule has 0 saturated carbocycles. The minimum Gasteiger partial charge on any atom is -0.380 e. The number of nitrogens with one attached hydrogen (secondary N) is 3. The van der Waals surface area contributed by atoms with Gasteiger partial charge >= 0.3 is 0 Å². The Kier molecular flexibility index (Phi) is 5.91. The summed E-state index contributed by atoms with van der Waals surface area (Å²) < 4.78 is 5.02. The van der Waals surface area contributed by atoms with E-state index in [1.807, 2.05) is 32.9 Å². The molecule has 20 heavy (non-hydrogen) atoms. The van der Waals surface area contributed by atoms with Gasteiger partial charge < -0.3 is 10.1 Å². The minimum atomic E-state index is -0.243. The highest BCUT2D eigenvalue weighted by Crippen LogP contribution is 2.05. The van der Waals surface area contributed by atoms with Crippen LogP contribution in [0.4, 0.5) is 0 Å². The van der Waals surface area contributed by atoms with E-state index >= 15 is 0 Å². The Balaban J connectivity index is 2.48. The molecule has 110 valence electrons. The number of ether oxygens (including phenoxy) is 1. The lowest BCUT2D eigenvalue weighted by atomic mass is 10.1. The van der Waals surface area contributed by atoms with Gasteiger partial charge in [-0.25, -0.2) is 0 Å². The number of carbonyl (C=O) groups is 1. The van der Waals surface area contributed by atoms with Crippen molar-refractivity contribution in [2.24, 2.45) is 0 Å². The van der Waals surface area contributed by atoms with Crippen molar-refractivity contribution in [2.75, 3.05) is 7.11 Å². The van der Waals surface area contributed by atoms with Crippen LogP contribution in [0.2, 0.25) is 0 Å². The van der Waals surface area contributed by atoms with Crippen molar-refractivity contribution >= 4 is 23.2 Å². The second-order valence-electron chi connectivity index (χ2n) is 5.41. The fraction of sp³-hybridized carbons (Fsp3) is 0.429. The molecule has 0 atom stereocenters. The third-order valence-corrected chi connectivity index (χ3v) is 2.51. The molecule has 1 rings (SSSR count). The van der Waals surface area contributed by atoms with Crippen molar-refractivity contribution in [2.45, 2.75) is 32.9 Å². The normalized spacial score (nSPS) is 10.8. The number of benzene rings is 1. The maximum absolute atomic E-state index is 11.9. The lowest BCUT2D eigenvalue weighted by molar-refractivity contribution is 0.0943. The van der Waals surface area contributed by atoms with Crippen LogP contribution < -0.4 is 16.2 Å². The summed E-state index contributed by atoms with van der Waals surface area (Å²) in [5.41, 5.74) is 6.63. The van der Waals surface area contributed by atoms with Gasteiger partial charge in [0.05, 0.1) is 6.61 Å². The van der Waals surface area contributed by atoms with Crippen LogP contribution in [0.25, 0.3) is 0 Å². The fourth-order valence-corrected chi connectivity index (χ4v) is 1.83. The topological polar surface area (TPSA) is 62.4 Å². The molecule has 0 fully saturated rings. The Morgan fingerprint density at radius 1 is 1.20 bits per heavy atom. The fourth-order valence-electron chi connectivity index (χ4n) is 1.48. The zero-order valence-corrected chi connectivity index (χ0v) is 13.1. The maximum Gasteiger partial charge on any atom is 0.269 e. The van der Waals surface area contributed by atoms with Gasteiger partial charge in [0.15, 0.2) is 5.11 Å². The third-order valence-electron chi connectivity index (χ3n) is 2.31. The monoisotopic (exact) mass is 295 g/mol. The highest BCUT2D eigenvalue weighted by Gasteiger charge is 2.11. The number of methoxy groups -OCH3 is 1. The van der Waals surface area contributed by atoms with Crippen molar-refractivity contribution in [3.05, 3.63) is 35.4 Å². The summed E-state index contributed by atoms with van der Waals surface area (Å²) in [6.07, 6.45) is 0. The van der Waals surface area contributed by atoms with Gasteiger partial charge in [-0.2, -0.15) is 0 Å². The van der Waals surface area contributed by atoms with Gasteiger partial charge in [0.1, 0.15) is 0 Å². The lowest BCUT2D eigenvalue weighted by Gasteiger charge is -2.23. The Bertz CT molecular complexity index is 466. The number of amides is 1. The summed E-state index contributed by atoms with van der Waals surface area (Å²) >= 11 is 5.07. The summed E-state index contributed by atoms with van der Waals surface area (Å²) in [6, 6.07) is 7.19. The number of hydrogen-bond acceptors (Lipinski definition) is 3. The predicted molar refractivity (Wildman–Crippen MR) is 83.2 cm³/mol. The first kappa shape index (κ1) is 16.4. The van der Waals surface area contributed by atoms with E-state index in [-0.39, 0.29) is 11.4 Å². The highest BCUT2D eigenvalue weighted by molar-refractivity contribution is 7.80. The first-order valence-corrected chi connectivity index (χ1v) is 6.69. The molecule has 0 saturated heterocycles. The first-order valence-electron chi connectivity index (χ1n) is 6.28. The Hall–Kier alpha value is -1.66. The van der Waals surface area contributed by atoms with Gasteiger partial charge in [0.25, 0.3) is 5.91 Å². The Morgan fingerprint density at radius 3 is 2.30 bits per heavy atom. The number of thiocarbonyl (C=S) groups is 1. The van der Waals surface area contributed by atoms with Crippen LogP contribution in [0.15, 0.2) is 24.3 Å². The van der Waals surface area contributed by atoms with Gasteiger partial charge in [-0.3, -0.25) is 15.6 Å². The molecule has 1 amide bonds. The largest absolute Gasteiger partial charge is 0.380 e. The van der Waals surface area contributed by atoms with Crippen molar-refractivity contribution in [1.82, 2.24) is 16.2 Å². The van der Waals surface area contributed by atoms with E-state index in [0.717, 1.165) is 5.56 Å². The van der Waals surface area contributed by atoms with Crippen LogP contribution in [0.5, 0.6) is 0 Å². The van der Waals surface area contributed by atoms with Crippen molar-refractivity contribution in [3.63, 3.8) is 0 Å². The van der Waals surface area contributed by atoms with E-state index in [2.05, 4.69) is 16.2 Å². The molecule has 6 heteroatoms. The quantitative estimate of drug-likeness (QED) is 0.586. The molecule has 0 aromatic heterocycles. The molecule has 0 aliphatic heterocycles. The van der Waals surface area contributed by atoms with Crippen LogP contribution in [-0.2, 0) is 11.3 Å². The molecular formula is C14H21N3O2S. The van der Waals surface area contributed by atoms with Crippen LogP contribution >= 0.6 is 12.2 Å². The summed E-state index contributed by atoms with van der Waals surface area (Å²) in [4.78, 5) is 11.9. The third kappa shape index (κ3) is 5.99. The molecule has 0 aliphatic rings. The first-order chi connectivity index (χ1) is 9.31. The van der Waals surface area contributed by atoms with Crippen LogP contribution in [-0.4, -0.2) is 23.7 Å². The molecule has 0 unspecified atom stereocenters. The van der Waals surface area contributed by atoms with E-state index in [1.54, 1.807) is 19.2 Å². The minimum absolute atomic E-state index is 0.156. The summed E-state index contributed by atoms with van der Waals surface area (Å²) in [5.74, 6) is -0.243. The molecule has 0 bridgehead atoms. The lowest BCUT2D eigenvalue weighted by Crippen LogP contribution is -2.52. The maximum atomic E-state index is 11.9. The Morgan fingerprint density at radius 2 is 1.80 bits per heavy atom. The van der Waals surface area contributed by atoms with Gasteiger partial charge in [-0.05, 0) is 50.7 Å². The van der Waals surface area contributed by atoms with E-state index < -0.39 is 0 Å². The summed E-state index contributed by atoms with van der Waals surface area (Å²) in [5, 5.41) is 3.42. The van der Waals surface area contributed by atoms with E-state index in [4.69, 9.17) is 17.0 Å². The zero-order valence-electron chi connectivity index (χ0n) is 12.2. The molecule has 0 radical (unpaired) electrons. The smallest absolute Gasteiger partial charge is 0.269 e. The molecule has 0 heterocycles. The molecule has 0 spiro atoms. The zero-order chi connectivity index (χ0) is 15.2. The summed E-state index contributed by atoms with van der Waals surface area (Å²) in [6.45, 7) is 6.48.